The Balaban J connectivity index is 1.38. The molecule has 1 saturated carbocycles. The van der Waals surface area contributed by atoms with Crippen LogP contribution in [0.3, 0.4) is 0 Å². The molecule has 10 nitrogen and oxygen atoms in total. The molecule has 2 aromatic rings. The van der Waals surface area contributed by atoms with Crippen LogP contribution in [0.2, 0.25) is 0 Å². The van der Waals surface area contributed by atoms with Crippen molar-refractivity contribution in [2.45, 2.75) is 44.1 Å². The fraction of sp³-hybridized carbons (Fsp3) is 0.565. The van der Waals surface area contributed by atoms with Gasteiger partial charge in [-0.25, -0.2) is 4.98 Å². The highest BCUT2D eigenvalue weighted by molar-refractivity contribution is 5.99. The summed E-state index contributed by atoms with van der Waals surface area (Å²) in [7, 11) is 0. The molecule has 0 unspecified atom stereocenters. The number of hydrogen-bond donors (Lipinski definition) is 3. The lowest BCUT2D eigenvalue weighted by Gasteiger charge is -2.39. The molecule has 36 heavy (non-hydrogen) atoms. The number of ether oxygens (including phenoxy) is 1. The van der Waals surface area contributed by atoms with Gasteiger partial charge in [0.1, 0.15) is 17.7 Å². The molecule has 0 bridgehead atoms. The number of aliphatic hydroxyl groups excluding tert-OH is 1. The predicted octanol–water partition coefficient (Wildman–Crippen LogP) is 1.66. The van der Waals surface area contributed by atoms with Gasteiger partial charge in [0.15, 0.2) is 5.78 Å². The van der Waals surface area contributed by atoms with Gasteiger partial charge in [-0.3, -0.25) is 14.2 Å². The van der Waals surface area contributed by atoms with E-state index in [2.05, 4.69) is 20.6 Å². The van der Waals surface area contributed by atoms with E-state index in [4.69, 9.17) is 9.84 Å². The fourth-order valence-electron chi connectivity index (χ4n) is 4.71. The third-order valence-corrected chi connectivity index (χ3v) is 7.06. The summed E-state index contributed by atoms with van der Waals surface area (Å²) in [6.45, 7) is 0.490. The lowest BCUT2D eigenvalue weighted by molar-refractivity contribution is -0.152. The van der Waals surface area contributed by atoms with Crippen LogP contribution in [0.5, 0.6) is 0 Å². The number of hydrogen-bond acceptors (Lipinski definition) is 9. The monoisotopic (exact) mass is 508 g/mol. The van der Waals surface area contributed by atoms with Gasteiger partial charge in [-0.15, -0.1) is 0 Å². The normalized spacial score (nSPS) is 22.1. The van der Waals surface area contributed by atoms with Gasteiger partial charge in [0.05, 0.1) is 25.9 Å². The fourth-order valence-corrected chi connectivity index (χ4v) is 4.71. The summed E-state index contributed by atoms with van der Waals surface area (Å²) in [4.78, 5) is 35.0. The van der Waals surface area contributed by atoms with Crippen molar-refractivity contribution in [1.29, 1.82) is 0 Å². The van der Waals surface area contributed by atoms with Crippen LogP contribution in [0.15, 0.2) is 29.2 Å². The van der Waals surface area contributed by atoms with Crippen molar-refractivity contribution in [2.75, 3.05) is 48.4 Å². The Kier molecular flexibility index (Phi) is 6.37. The molecule has 5 rings (SSSR count). The maximum Gasteiger partial charge on any atom is 0.408 e. The van der Waals surface area contributed by atoms with E-state index in [-0.39, 0.29) is 55.0 Å². The third kappa shape index (κ3) is 4.76. The quantitative estimate of drug-likeness (QED) is 0.434. The molecule has 1 aliphatic carbocycles. The highest BCUT2D eigenvalue weighted by Crippen LogP contribution is 2.56. The lowest BCUT2D eigenvalue weighted by atomic mass is 9.94. The summed E-state index contributed by atoms with van der Waals surface area (Å²) in [5.41, 5.74) is -0.180. The minimum Gasteiger partial charge on any atom is -0.395 e. The van der Waals surface area contributed by atoms with Crippen LogP contribution in [0.1, 0.15) is 29.6 Å². The molecule has 194 valence electrons. The minimum atomic E-state index is -4.62. The highest BCUT2D eigenvalue weighted by Gasteiger charge is 2.57. The first-order valence-electron chi connectivity index (χ1n) is 11.8. The average Bonchev–Trinajstić information content (AvgIpc) is 3.65. The summed E-state index contributed by atoms with van der Waals surface area (Å²) in [6.07, 6.45) is -1.59. The molecule has 0 aromatic carbocycles. The highest BCUT2D eigenvalue weighted by atomic mass is 19.4. The van der Waals surface area contributed by atoms with Crippen LogP contribution in [-0.2, 0) is 11.3 Å². The number of carbonyl (C=O) groups is 1. The Morgan fingerprint density at radius 3 is 2.67 bits per heavy atom. The number of rotatable bonds is 9. The van der Waals surface area contributed by atoms with Gasteiger partial charge < -0.3 is 25.4 Å². The molecule has 0 radical (unpaired) electrons. The molecular formula is C23H27F3N6O4. The minimum absolute atomic E-state index is 0.0129. The number of alkyl halides is 3. The van der Waals surface area contributed by atoms with Crippen LogP contribution >= 0.6 is 0 Å². The Morgan fingerprint density at radius 1 is 1.25 bits per heavy atom. The zero-order valence-corrected chi connectivity index (χ0v) is 19.4. The maximum atomic E-state index is 14.0. The topological polar surface area (TPSA) is 122 Å². The smallest absolute Gasteiger partial charge is 0.395 e. The van der Waals surface area contributed by atoms with Gasteiger partial charge in [-0.05, 0) is 31.4 Å². The molecule has 1 spiro atoms. The van der Waals surface area contributed by atoms with E-state index in [1.165, 1.54) is 29.0 Å². The van der Waals surface area contributed by atoms with Crippen LogP contribution in [0.4, 0.5) is 30.8 Å². The number of pyridine rings is 1. The first-order valence-corrected chi connectivity index (χ1v) is 11.8. The standard InChI is InChI=1S/C23H27F3N6O4/c24-23(25,26)16-3-7-31-20(35)9-19(29-11-17-22(4-5-22)13-36-17)30-21(31)32(16)12-15(34)14-1-2-18(28-10-14)27-6-8-33/h1-2,9-10,16-17,29,33H,3-8,11-13H2,(H,27,28)/t16-,17+/m0/s1. The lowest BCUT2D eigenvalue weighted by Crippen LogP contribution is -2.54. The van der Waals surface area contributed by atoms with Gasteiger partial charge in [0.2, 0.25) is 5.95 Å². The summed E-state index contributed by atoms with van der Waals surface area (Å²) in [5.74, 6) is -0.218. The Hall–Kier alpha value is -3.19. The van der Waals surface area contributed by atoms with Crippen molar-refractivity contribution >= 4 is 23.4 Å². The van der Waals surface area contributed by atoms with Crippen molar-refractivity contribution in [3.05, 3.63) is 40.3 Å². The molecule has 2 atom stereocenters. The predicted molar refractivity (Wildman–Crippen MR) is 124 cm³/mol. The average molecular weight is 509 g/mol. The van der Waals surface area contributed by atoms with E-state index in [0.717, 1.165) is 17.7 Å². The van der Waals surface area contributed by atoms with E-state index in [1.54, 1.807) is 0 Å². The number of aliphatic hydroxyl groups is 1. The van der Waals surface area contributed by atoms with Crippen molar-refractivity contribution < 1.29 is 27.8 Å². The second-order valence-corrected chi connectivity index (χ2v) is 9.45. The molecule has 0 amide bonds. The van der Waals surface area contributed by atoms with Gasteiger partial charge in [0.25, 0.3) is 5.56 Å². The second-order valence-electron chi connectivity index (χ2n) is 9.45. The van der Waals surface area contributed by atoms with Gasteiger partial charge in [-0.2, -0.15) is 18.2 Å². The summed E-state index contributed by atoms with van der Waals surface area (Å²) in [5, 5.41) is 14.8. The maximum absolute atomic E-state index is 14.0. The molecule has 2 fully saturated rings. The Labute approximate surface area is 204 Å². The van der Waals surface area contributed by atoms with Gasteiger partial charge >= 0.3 is 6.18 Å². The molecule has 2 aromatic heterocycles. The van der Waals surface area contributed by atoms with Crippen LogP contribution in [0.25, 0.3) is 0 Å². The van der Waals surface area contributed by atoms with E-state index >= 15 is 0 Å². The Morgan fingerprint density at radius 2 is 2.06 bits per heavy atom. The number of nitrogens with zero attached hydrogens (tertiary/aromatic N) is 4. The van der Waals surface area contributed by atoms with E-state index < -0.39 is 30.1 Å². The number of halogens is 3. The SMILES string of the molecule is O=C(CN1c2nc(NC[C@H]3OCC34CC4)cc(=O)n2CC[C@H]1C(F)(F)F)c1ccc(NCCO)nc1. The molecule has 4 heterocycles. The largest absolute Gasteiger partial charge is 0.408 e. The zero-order chi connectivity index (χ0) is 25.5. The number of aromatic nitrogens is 3. The van der Waals surface area contributed by atoms with Crippen molar-refractivity contribution in [2.24, 2.45) is 5.41 Å². The van der Waals surface area contributed by atoms with Crippen molar-refractivity contribution in [3.63, 3.8) is 0 Å². The van der Waals surface area contributed by atoms with E-state index in [9.17, 15) is 22.8 Å². The van der Waals surface area contributed by atoms with Crippen molar-refractivity contribution in [3.8, 4) is 0 Å². The van der Waals surface area contributed by atoms with Gasteiger partial charge in [-0.1, -0.05) is 0 Å². The number of anilines is 3. The summed E-state index contributed by atoms with van der Waals surface area (Å²) < 4.78 is 48.7. The molecule has 3 N–H and O–H groups in total. The number of nitrogens with one attached hydrogen (secondary N) is 2. The number of Topliss-reactive ketones (excluding diaryl/α,β-unsaturated/α-hetero) is 1. The summed E-state index contributed by atoms with van der Waals surface area (Å²) in [6, 6.07) is 2.25. The molecule has 1 saturated heterocycles. The first kappa shape index (κ1) is 24.5. The van der Waals surface area contributed by atoms with E-state index in [1.807, 2.05) is 0 Å². The third-order valence-electron chi connectivity index (χ3n) is 7.06. The van der Waals surface area contributed by atoms with Crippen LogP contribution in [0, 0.1) is 5.41 Å². The first-order chi connectivity index (χ1) is 17.2. The summed E-state index contributed by atoms with van der Waals surface area (Å²) >= 11 is 0. The van der Waals surface area contributed by atoms with Crippen molar-refractivity contribution in [1.82, 2.24) is 14.5 Å². The number of carbonyl (C=O) groups excluding carboxylic acids is 1. The van der Waals surface area contributed by atoms with E-state index in [0.29, 0.717) is 19.0 Å². The zero-order valence-electron chi connectivity index (χ0n) is 19.4. The molecular weight excluding hydrogens is 481 g/mol. The molecule has 2 aliphatic heterocycles. The number of ketones is 1. The number of fused-ring (bicyclic) bond motifs is 1. The van der Waals surface area contributed by atoms with Gasteiger partial charge in [0, 0.05) is 42.9 Å². The second kappa shape index (κ2) is 9.36. The van der Waals surface area contributed by atoms with Crippen LogP contribution < -0.4 is 21.1 Å². The Bertz CT molecular complexity index is 1180. The van der Waals surface area contributed by atoms with Crippen LogP contribution in [-0.4, -0.2) is 76.6 Å². The molecule has 13 heteroatoms. The molecule has 3 aliphatic rings.